The lowest BCUT2D eigenvalue weighted by atomic mass is 10.0. The standard InChI is InChI=1S/C58H37N3O/c1-2-14-40(15-3-1)60-51-22-10-8-20-47(51)49-36-39(28-32-56(49)60)38-26-29-41(30-27-38)59(42-31-35-58-50(37-42)48-21-9-13-25-57(48)62-58)54-33-34-55(46-17-5-4-16-45(46)54)61-52-23-11-6-18-43(52)44-19-7-12-24-53(44)61/h1-37H. The molecule has 0 bridgehead atoms. The first-order valence-corrected chi connectivity index (χ1v) is 21.2. The molecule has 0 atom stereocenters. The molecule has 10 aromatic carbocycles. The number of aromatic nitrogens is 2. The lowest BCUT2D eigenvalue weighted by molar-refractivity contribution is 0.669. The Labute approximate surface area is 357 Å². The first kappa shape index (κ1) is 34.5. The number of nitrogens with zero attached hydrogens (tertiary/aromatic N) is 3. The molecular formula is C58H37N3O. The van der Waals surface area contributed by atoms with Crippen LogP contribution in [0, 0.1) is 0 Å². The van der Waals surface area contributed by atoms with Crippen LogP contribution in [0.5, 0.6) is 0 Å². The van der Waals surface area contributed by atoms with E-state index in [-0.39, 0.29) is 0 Å². The predicted octanol–water partition coefficient (Wildman–Crippen LogP) is 16.1. The van der Waals surface area contributed by atoms with E-state index >= 15 is 0 Å². The maximum Gasteiger partial charge on any atom is 0.135 e. The molecule has 0 aliphatic rings. The number of rotatable bonds is 6. The molecule has 0 radical (unpaired) electrons. The Bertz CT molecular complexity index is 3820. The summed E-state index contributed by atoms with van der Waals surface area (Å²) in [4.78, 5) is 2.40. The van der Waals surface area contributed by atoms with Crippen molar-refractivity contribution in [3.8, 4) is 22.5 Å². The Balaban J connectivity index is 0.990. The molecular weight excluding hydrogens is 755 g/mol. The zero-order chi connectivity index (χ0) is 40.7. The summed E-state index contributed by atoms with van der Waals surface area (Å²) < 4.78 is 11.1. The van der Waals surface area contributed by atoms with Gasteiger partial charge in [-0.1, -0.05) is 133 Å². The van der Waals surface area contributed by atoms with Crippen molar-refractivity contribution in [2.75, 3.05) is 4.90 Å². The van der Waals surface area contributed by atoms with Gasteiger partial charge in [0.2, 0.25) is 0 Å². The Hall–Kier alpha value is -8.34. The first-order chi connectivity index (χ1) is 30.8. The van der Waals surface area contributed by atoms with Crippen molar-refractivity contribution in [3.63, 3.8) is 0 Å². The lowest BCUT2D eigenvalue weighted by Gasteiger charge is -2.28. The minimum atomic E-state index is 0.876. The number of benzene rings is 10. The number of fused-ring (bicyclic) bond motifs is 10. The summed E-state index contributed by atoms with van der Waals surface area (Å²) in [5.74, 6) is 0. The van der Waals surface area contributed by atoms with Crippen LogP contribution in [0.15, 0.2) is 229 Å². The molecule has 0 spiro atoms. The van der Waals surface area contributed by atoms with Crippen LogP contribution >= 0.6 is 0 Å². The molecule has 13 aromatic rings. The number of furan rings is 1. The zero-order valence-electron chi connectivity index (χ0n) is 33.6. The van der Waals surface area contributed by atoms with Crippen LogP contribution in [-0.2, 0) is 0 Å². The van der Waals surface area contributed by atoms with Gasteiger partial charge in [0.05, 0.1) is 33.4 Å². The quantitative estimate of drug-likeness (QED) is 0.168. The van der Waals surface area contributed by atoms with Gasteiger partial charge in [-0.05, 0) is 102 Å². The molecule has 0 amide bonds. The number of para-hydroxylation sites is 5. The van der Waals surface area contributed by atoms with E-state index < -0.39 is 0 Å². The molecule has 3 aromatic heterocycles. The summed E-state index contributed by atoms with van der Waals surface area (Å²) in [6.45, 7) is 0. The minimum Gasteiger partial charge on any atom is -0.456 e. The fourth-order valence-electron chi connectivity index (χ4n) is 9.93. The molecule has 0 saturated heterocycles. The van der Waals surface area contributed by atoms with Gasteiger partial charge in [0.25, 0.3) is 0 Å². The summed E-state index contributed by atoms with van der Waals surface area (Å²) in [6.07, 6.45) is 0. The van der Waals surface area contributed by atoms with Crippen molar-refractivity contribution < 1.29 is 4.42 Å². The van der Waals surface area contributed by atoms with Crippen molar-refractivity contribution >= 4 is 93.4 Å². The van der Waals surface area contributed by atoms with E-state index in [9.17, 15) is 0 Å². The van der Waals surface area contributed by atoms with E-state index in [0.29, 0.717) is 0 Å². The van der Waals surface area contributed by atoms with E-state index in [0.717, 1.165) is 61.3 Å². The van der Waals surface area contributed by atoms with Crippen LogP contribution in [0.4, 0.5) is 17.1 Å². The molecule has 62 heavy (non-hydrogen) atoms. The van der Waals surface area contributed by atoms with E-state index in [1.54, 1.807) is 0 Å². The smallest absolute Gasteiger partial charge is 0.135 e. The van der Waals surface area contributed by atoms with Gasteiger partial charge in [0.15, 0.2) is 0 Å². The van der Waals surface area contributed by atoms with Crippen molar-refractivity contribution in [1.82, 2.24) is 9.13 Å². The van der Waals surface area contributed by atoms with E-state index in [2.05, 4.69) is 226 Å². The van der Waals surface area contributed by atoms with Gasteiger partial charge in [-0.25, -0.2) is 0 Å². The highest BCUT2D eigenvalue weighted by molar-refractivity contribution is 6.13. The Morgan fingerprint density at radius 3 is 1.56 bits per heavy atom. The van der Waals surface area contributed by atoms with Crippen LogP contribution in [0.3, 0.4) is 0 Å². The second-order valence-electron chi connectivity index (χ2n) is 16.1. The number of hydrogen-bond acceptors (Lipinski definition) is 2. The van der Waals surface area contributed by atoms with E-state index in [1.165, 1.54) is 54.6 Å². The molecule has 3 heterocycles. The van der Waals surface area contributed by atoms with Crippen molar-refractivity contribution in [2.45, 2.75) is 0 Å². The average molecular weight is 792 g/mol. The lowest BCUT2D eigenvalue weighted by Crippen LogP contribution is -2.11. The third-order valence-corrected chi connectivity index (χ3v) is 12.7. The van der Waals surface area contributed by atoms with Crippen molar-refractivity contribution in [1.29, 1.82) is 0 Å². The summed E-state index contributed by atoms with van der Waals surface area (Å²) in [5, 5.41) is 9.52. The van der Waals surface area contributed by atoms with Gasteiger partial charge in [-0.15, -0.1) is 0 Å². The summed E-state index contributed by atoms with van der Waals surface area (Å²) in [5.41, 5.74) is 14.4. The molecule has 0 unspecified atom stereocenters. The molecule has 4 nitrogen and oxygen atoms in total. The molecule has 0 aliphatic heterocycles. The second kappa shape index (κ2) is 13.6. The Morgan fingerprint density at radius 1 is 0.306 bits per heavy atom. The summed E-state index contributed by atoms with van der Waals surface area (Å²) in [6, 6.07) is 81.0. The second-order valence-corrected chi connectivity index (χ2v) is 16.1. The van der Waals surface area contributed by atoms with Gasteiger partial charge in [0, 0.05) is 60.2 Å². The van der Waals surface area contributed by atoms with E-state index in [1.807, 2.05) is 12.1 Å². The Morgan fingerprint density at radius 2 is 0.839 bits per heavy atom. The minimum absolute atomic E-state index is 0.876. The maximum absolute atomic E-state index is 6.32. The molecule has 4 heteroatoms. The first-order valence-electron chi connectivity index (χ1n) is 21.2. The van der Waals surface area contributed by atoms with Gasteiger partial charge >= 0.3 is 0 Å². The van der Waals surface area contributed by atoms with Crippen LogP contribution < -0.4 is 4.90 Å². The molecule has 13 rings (SSSR count). The average Bonchev–Trinajstić information content (AvgIpc) is 4.00. The number of anilines is 3. The summed E-state index contributed by atoms with van der Waals surface area (Å²) >= 11 is 0. The largest absolute Gasteiger partial charge is 0.456 e. The maximum atomic E-state index is 6.32. The summed E-state index contributed by atoms with van der Waals surface area (Å²) in [7, 11) is 0. The third kappa shape index (κ3) is 5.20. The normalized spacial score (nSPS) is 11.9. The highest BCUT2D eigenvalue weighted by Crippen LogP contribution is 2.45. The van der Waals surface area contributed by atoms with E-state index in [4.69, 9.17) is 4.42 Å². The topological polar surface area (TPSA) is 26.2 Å². The monoisotopic (exact) mass is 791 g/mol. The van der Waals surface area contributed by atoms with Gasteiger partial charge in [-0.3, -0.25) is 0 Å². The van der Waals surface area contributed by atoms with Crippen molar-refractivity contribution in [3.05, 3.63) is 224 Å². The van der Waals surface area contributed by atoms with Crippen molar-refractivity contribution in [2.24, 2.45) is 0 Å². The van der Waals surface area contributed by atoms with Gasteiger partial charge in [0.1, 0.15) is 11.2 Å². The highest BCUT2D eigenvalue weighted by Gasteiger charge is 2.21. The highest BCUT2D eigenvalue weighted by atomic mass is 16.3. The SMILES string of the molecule is c1ccc(-n2c3ccccc3c3cc(-c4ccc(N(c5ccc6oc7ccccc7c6c5)c5ccc(-n6c7ccccc7c7ccccc76)c6ccccc56)cc4)ccc32)cc1. The molecule has 0 aliphatic carbocycles. The van der Waals surface area contributed by atoms with Gasteiger partial charge < -0.3 is 18.5 Å². The fourth-order valence-corrected chi connectivity index (χ4v) is 9.93. The van der Waals surface area contributed by atoms with Crippen LogP contribution in [0.1, 0.15) is 0 Å². The Kier molecular flexibility index (Phi) is 7.57. The molecule has 0 N–H and O–H groups in total. The predicted molar refractivity (Wildman–Crippen MR) is 260 cm³/mol. The zero-order valence-corrected chi connectivity index (χ0v) is 33.6. The van der Waals surface area contributed by atoms with Crippen LogP contribution in [0.25, 0.3) is 98.8 Å². The van der Waals surface area contributed by atoms with Crippen LogP contribution in [-0.4, -0.2) is 9.13 Å². The van der Waals surface area contributed by atoms with Crippen LogP contribution in [0.2, 0.25) is 0 Å². The fraction of sp³-hybridized carbons (Fsp3) is 0. The molecule has 0 fully saturated rings. The van der Waals surface area contributed by atoms with Gasteiger partial charge in [-0.2, -0.15) is 0 Å². The number of hydrogen-bond donors (Lipinski definition) is 0. The molecule has 0 saturated carbocycles. The third-order valence-electron chi connectivity index (χ3n) is 12.7. The molecule has 290 valence electrons.